The van der Waals surface area contributed by atoms with Crippen LogP contribution in [-0.4, -0.2) is 57.1 Å². The number of hydrogen-bond donors (Lipinski definition) is 1. The van der Waals surface area contributed by atoms with Gasteiger partial charge in [-0.05, 0) is 63.6 Å². The minimum atomic E-state index is -1.03. The maximum Gasteiger partial charge on any atom is 0.263 e. The number of anilines is 1. The summed E-state index contributed by atoms with van der Waals surface area (Å²) in [6.45, 7) is 6.39. The molecular formula is C23H29ClN6O2S. The van der Waals surface area contributed by atoms with Crippen LogP contribution in [0, 0.1) is 0 Å². The second kappa shape index (κ2) is 10.2. The Morgan fingerprint density at radius 2 is 1.91 bits per heavy atom. The van der Waals surface area contributed by atoms with E-state index in [1.54, 1.807) is 38.1 Å². The lowest BCUT2D eigenvalue weighted by Gasteiger charge is -2.28. The van der Waals surface area contributed by atoms with Crippen LogP contribution in [0.2, 0.25) is 5.02 Å². The maximum absolute atomic E-state index is 12.8. The molecule has 10 heteroatoms. The molecule has 0 atom stereocenters. The van der Waals surface area contributed by atoms with Crippen molar-refractivity contribution >= 4 is 46.1 Å². The van der Waals surface area contributed by atoms with Gasteiger partial charge in [-0.25, -0.2) is 14.6 Å². The molecule has 8 nitrogen and oxygen atoms in total. The topological polar surface area (TPSA) is 85.2 Å². The number of thioether (sulfide) groups is 1. The molecule has 1 N–H and O–H groups in total. The van der Waals surface area contributed by atoms with Crippen LogP contribution < -0.4 is 15.0 Å². The fourth-order valence-corrected chi connectivity index (χ4v) is 4.34. The fourth-order valence-electron chi connectivity index (χ4n) is 3.85. The van der Waals surface area contributed by atoms with E-state index >= 15 is 0 Å². The molecule has 0 bridgehead atoms. The number of rotatable bonds is 8. The minimum absolute atomic E-state index is 0.206. The van der Waals surface area contributed by atoms with Gasteiger partial charge in [0.1, 0.15) is 11.6 Å². The number of nitrogens with zero attached hydrogens (tertiary/aromatic N) is 5. The average molecular weight is 489 g/mol. The summed E-state index contributed by atoms with van der Waals surface area (Å²) in [5.41, 5.74) is -0.240. The SMILES string of the molecule is CSc1nc(N2CCCCC2)c2cnn(CCNC(=O)C(C)(C)Oc3ccc(Cl)cc3)c2n1. The molecule has 1 amide bonds. The van der Waals surface area contributed by atoms with Crippen molar-refractivity contribution < 1.29 is 9.53 Å². The quantitative estimate of drug-likeness (QED) is 0.376. The number of halogens is 1. The number of ether oxygens (including phenoxy) is 1. The Balaban J connectivity index is 1.43. The van der Waals surface area contributed by atoms with Crippen LogP contribution in [-0.2, 0) is 11.3 Å². The highest BCUT2D eigenvalue weighted by Gasteiger charge is 2.29. The molecule has 1 fully saturated rings. The molecular weight excluding hydrogens is 460 g/mol. The smallest absolute Gasteiger partial charge is 0.263 e. The van der Waals surface area contributed by atoms with Gasteiger partial charge in [-0.2, -0.15) is 5.10 Å². The standard InChI is InChI=1S/C23H29ClN6O2S/c1-23(2,32-17-9-7-16(24)8-10-17)21(31)25-11-14-30-20-18(15-26-30)19(27-22(28-20)33-3)29-12-5-4-6-13-29/h7-10,15H,4-6,11-14H2,1-3H3,(H,25,31). The third-order valence-corrected chi connectivity index (χ3v) is 6.44. The summed E-state index contributed by atoms with van der Waals surface area (Å²) in [7, 11) is 0. The first-order chi connectivity index (χ1) is 15.9. The summed E-state index contributed by atoms with van der Waals surface area (Å²) in [6.07, 6.45) is 7.42. The minimum Gasteiger partial charge on any atom is -0.478 e. The Morgan fingerprint density at radius 3 is 2.61 bits per heavy atom. The molecule has 1 aromatic carbocycles. The molecule has 176 valence electrons. The number of carbonyl (C=O) groups excluding carboxylic acids is 1. The van der Waals surface area contributed by atoms with Gasteiger partial charge >= 0.3 is 0 Å². The maximum atomic E-state index is 12.8. The van der Waals surface area contributed by atoms with E-state index in [0.717, 1.165) is 35.1 Å². The van der Waals surface area contributed by atoms with Gasteiger partial charge in [-0.3, -0.25) is 4.79 Å². The van der Waals surface area contributed by atoms with Crippen LogP contribution in [0.15, 0.2) is 35.6 Å². The molecule has 3 heterocycles. The molecule has 0 radical (unpaired) electrons. The lowest BCUT2D eigenvalue weighted by molar-refractivity contribution is -0.134. The molecule has 33 heavy (non-hydrogen) atoms. The number of nitrogens with one attached hydrogen (secondary N) is 1. The first-order valence-corrected chi connectivity index (χ1v) is 12.7. The molecule has 3 aromatic rings. The van der Waals surface area contributed by atoms with E-state index in [9.17, 15) is 4.79 Å². The Labute approximate surface area is 203 Å². The summed E-state index contributed by atoms with van der Waals surface area (Å²) >= 11 is 7.44. The van der Waals surface area contributed by atoms with Gasteiger partial charge in [0, 0.05) is 24.7 Å². The fraction of sp³-hybridized carbons (Fsp3) is 0.478. The highest BCUT2D eigenvalue weighted by atomic mass is 35.5. The number of fused-ring (bicyclic) bond motifs is 1. The van der Waals surface area contributed by atoms with E-state index in [-0.39, 0.29) is 5.91 Å². The van der Waals surface area contributed by atoms with E-state index in [4.69, 9.17) is 26.3 Å². The molecule has 0 unspecified atom stereocenters. The summed E-state index contributed by atoms with van der Waals surface area (Å²) in [4.78, 5) is 24.6. The molecule has 1 aliphatic heterocycles. The number of hydrogen-bond acceptors (Lipinski definition) is 7. The van der Waals surface area contributed by atoms with Gasteiger partial charge in [0.15, 0.2) is 16.4 Å². The summed E-state index contributed by atoms with van der Waals surface area (Å²) < 4.78 is 7.70. The Hall–Kier alpha value is -2.52. The van der Waals surface area contributed by atoms with Crippen molar-refractivity contribution in [3.8, 4) is 5.75 Å². The van der Waals surface area contributed by atoms with Crippen LogP contribution in [0.4, 0.5) is 5.82 Å². The molecule has 0 saturated carbocycles. The molecule has 2 aromatic heterocycles. The number of aromatic nitrogens is 4. The summed E-state index contributed by atoms with van der Waals surface area (Å²) in [5, 5.41) is 9.80. The van der Waals surface area contributed by atoms with Crippen molar-refractivity contribution in [1.82, 2.24) is 25.1 Å². The average Bonchev–Trinajstić information content (AvgIpc) is 3.23. The van der Waals surface area contributed by atoms with Gasteiger partial charge in [-0.1, -0.05) is 23.4 Å². The lowest BCUT2D eigenvalue weighted by atomic mass is 10.1. The molecule has 1 aliphatic rings. The normalized spacial score (nSPS) is 14.5. The van der Waals surface area contributed by atoms with Crippen molar-refractivity contribution in [2.45, 2.75) is 50.4 Å². The van der Waals surface area contributed by atoms with E-state index in [2.05, 4.69) is 15.3 Å². The van der Waals surface area contributed by atoms with Crippen LogP contribution >= 0.6 is 23.4 Å². The van der Waals surface area contributed by atoms with Crippen molar-refractivity contribution in [3.05, 3.63) is 35.5 Å². The third-order valence-electron chi connectivity index (χ3n) is 5.64. The van der Waals surface area contributed by atoms with Crippen LogP contribution in [0.25, 0.3) is 11.0 Å². The van der Waals surface area contributed by atoms with Gasteiger partial charge in [0.2, 0.25) is 0 Å². The van der Waals surface area contributed by atoms with Crippen LogP contribution in [0.1, 0.15) is 33.1 Å². The Kier molecular flexibility index (Phi) is 7.29. The molecule has 4 rings (SSSR count). The van der Waals surface area contributed by atoms with E-state index in [1.165, 1.54) is 31.0 Å². The summed E-state index contributed by atoms with van der Waals surface area (Å²) in [6, 6.07) is 6.96. The van der Waals surface area contributed by atoms with Crippen molar-refractivity contribution in [1.29, 1.82) is 0 Å². The predicted octanol–water partition coefficient (Wildman–Crippen LogP) is 4.17. The van der Waals surface area contributed by atoms with Gasteiger partial charge in [0.05, 0.1) is 18.1 Å². The zero-order valence-corrected chi connectivity index (χ0v) is 20.7. The Bertz CT molecular complexity index is 1110. The molecule has 0 aliphatic carbocycles. The van der Waals surface area contributed by atoms with Gasteiger partial charge < -0.3 is 15.0 Å². The molecule has 1 saturated heterocycles. The van der Waals surface area contributed by atoms with Gasteiger partial charge in [-0.15, -0.1) is 0 Å². The van der Waals surface area contributed by atoms with Gasteiger partial charge in [0.25, 0.3) is 5.91 Å². The van der Waals surface area contributed by atoms with Crippen LogP contribution in [0.5, 0.6) is 5.75 Å². The number of amides is 1. The van der Waals surface area contributed by atoms with Crippen molar-refractivity contribution in [2.75, 3.05) is 30.8 Å². The van der Waals surface area contributed by atoms with E-state index in [1.807, 2.05) is 17.1 Å². The third kappa shape index (κ3) is 5.52. The largest absolute Gasteiger partial charge is 0.478 e. The highest BCUT2D eigenvalue weighted by Crippen LogP contribution is 2.28. The number of carbonyl (C=O) groups is 1. The summed E-state index contributed by atoms with van der Waals surface area (Å²) in [5.74, 6) is 1.34. The first-order valence-electron chi connectivity index (χ1n) is 11.1. The predicted molar refractivity (Wildman–Crippen MR) is 132 cm³/mol. The highest BCUT2D eigenvalue weighted by molar-refractivity contribution is 7.98. The van der Waals surface area contributed by atoms with Crippen molar-refractivity contribution in [2.24, 2.45) is 0 Å². The zero-order valence-electron chi connectivity index (χ0n) is 19.2. The number of benzene rings is 1. The first kappa shape index (κ1) is 23.6. The molecule has 0 spiro atoms. The van der Waals surface area contributed by atoms with E-state index in [0.29, 0.717) is 23.9 Å². The Morgan fingerprint density at radius 1 is 1.18 bits per heavy atom. The van der Waals surface area contributed by atoms with Crippen LogP contribution in [0.3, 0.4) is 0 Å². The van der Waals surface area contributed by atoms with Crippen molar-refractivity contribution in [3.63, 3.8) is 0 Å². The van der Waals surface area contributed by atoms with E-state index < -0.39 is 5.60 Å². The second-order valence-corrected chi connectivity index (χ2v) is 9.72. The number of piperidine rings is 1. The zero-order chi connectivity index (χ0) is 23.4. The monoisotopic (exact) mass is 488 g/mol. The lowest BCUT2D eigenvalue weighted by Crippen LogP contribution is -2.47. The second-order valence-electron chi connectivity index (χ2n) is 8.51.